The molecule has 2 atom stereocenters. The Morgan fingerprint density at radius 2 is 1.40 bits per heavy atom. The summed E-state index contributed by atoms with van der Waals surface area (Å²) in [5.41, 5.74) is 2.55. The minimum atomic E-state index is -1.30. The fraction of sp³-hybridized carbons (Fsp3) is 0.167. The van der Waals surface area contributed by atoms with Gasteiger partial charge in [0, 0.05) is 16.7 Å². The molecule has 2 rings (SSSR count). The number of hydrogen-bond acceptors (Lipinski definition) is 5. The third-order valence-electron chi connectivity index (χ3n) is 3.61. The topological polar surface area (TPSA) is 116 Å². The van der Waals surface area contributed by atoms with E-state index in [1.54, 1.807) is 24.3 Å². The summed E-state index contributed by atoms with van der Waals surface area (Å²) in [6.45, 7) is 1.31. The first-order valence-electron chi connectivity index (χ1n) is 7.56. The monoisotopic (exact) mass is 342 g/mol. The maximum Gasteiger partial charge on any atom is 0.268 e. The number of ketones is 1. The van der Waals surface area contributed by atoms with Crippen LogP contribution in [0.2, 0.25) is 0 Å². The van der Waals surface area contributed by atoms with Gasteiger partial charge in [0.15, 0.2) is 5.78 Å². The van der Waals surface area contributed by atoms with Gasteiger partial charge in [-0.15, -0.1) is 0 Å². The second-order valence-electron chi connectivity index (χ2n) is 5.44. The number of rotatable bonds is 6. The van der Waals surface area contributed by atoms with Crippen molar-refractivity contribution in [1.29, 1.82) is 0 Å². The highest BCUT2D eigenvalue weighted by Gasteiger charge is 2.25. The fourth-order valence-corrected chi connectivity index (χ4v) is 2.23. The number of carbonyl (C=O) groups is 3. The Hall–Kier alpha value is -3.03. The molecule has 2 aromatic carbocycles. The summed E-state index contributed by atoms with van der Waals surface area (Å²) >= 11 is 0. The van der Waals surface area contributed by atoms with Crippen molar-refractivity contribution < 1.29 is 24.7 Å². The molecule has 25 heavy (non-hydrogen) atoms. The minimum absolute atomic E-state index is 0.172. The number of aliphatic hydroxyl groups excluding tert-OH is 1. The van der Waals surface area contributed by atoms with Crippen LogP contribution in [-0.4, -0.2) is 40.1 Å². The van der Waals surface area contributed by atoms with Crippen LogP contribution in [-0.2, 0) is 4.79 Å². The van der Waals surface area contributed by atoms with E-state index >= 15 is 0 Å². The lowest BCUT2D eigenvalue weighted by molar-refractivity contribution is -0.133. The predicted octanol–water partition coefficient (Wildman–Crippen LogP) is 0.902. The van der Waals surface area contributed by atoms with Gasteiger partial charge < -0.3 is 10.4 Å². The Balaban J connectivity index is 2.12. The van der Waals surface area contributed by atoms with Crippen LogP contribution in [0.3, 0.4) is 0 Å². The molecule has 0 bridgehead atoms. The maximum absolute atomic E-state index is 12.3. The van der Waals surface area contributed by atoms with E-state index in [2.05, 4.69) is 5.32 Å². The highest BCUT2D eigenvalue weighted by molar-refractivity contribution is 6.09. The summed E-state index contributed by atoms with van der Waals surface area (Å²) in [6, 6.07) is 13.3. The molecular formula is C18H18N2O5. The van der Waals surface area contributed by atoms with Crippen molar-refractivity contribution in [2.45, 2.75) is 19.1 Å². The SMILES string of the molecule is C[C@@H](O)[C@H](NC(=O)c1ccc(C(=O)c2ccccc2)cc1)C(=O)NO. The highest BCUT2D eigenvalue weighted by Crippen LogP contribution is 2.11. The summed E-state index contributed by atoms with van der Waals surface area (Å²) in [5.74, 6) is -1.72. The summed E-state index contributed by atoms with van der Waals surface area (Å²) < 4.78 is 0. The molecule has 0 radical (unpaired) electrons. The van der Waals surface area contributed by atoms with Gasteiger partial charge in [-0.05, 0) is 19.1 Å². The van der Waals surface area contributed by atoms with Gasteiger partial charge in [-0.3, -0.25) is 19.6 Å². The van der Waals surface area contributed by atoms with E-state index in [-0.39, 0.29) is 11.3 Å². The molecule has 0 saturated heterocycles. The molecule has 0 aliphatic carbocycles. The van der Waals surface area contributed by atoms with Crippen molar-refractivity contribution >= 4 is 17.6 Å². The third-order valence-corrected chi connectivity index (χ3v) is 3.61. The van der Waals surface area contributed by atoms with E-state index < -0.39 is 24.0 Å². The van der Waals surface area contributed by atoms with Gasteiger partial charge in [0.25, 0.3) is 11.8 Å². The van der Waals surface area contributed by atoms with Crippen LogP contribution in [0.25, 0.3) is 0 Å². The summed E-state index contributed by atoms with van der Waals surface area (Å²) in [5, 5.41) is 20.5. The van der Waals surface area contributed by atoms with E-state index in [9.17, 15) is 19.5 Å². The van der Waals surface area contributed by atoms with E-state index in [1.807, 2.05) is 6.07 Å². The molecule has 2 amide bonds. The highest BCUT2D eigenvalue weighted by atomic mass is 16.5. The molecule has 0 unspecified atom stereocenters. The first kappa shape index (κ1) is 18.3. The smallest absolute Gasteiger partial charge is 0.268 e. The molecular weight excluding hydrogens is 324 g/mol. The van der Waals surface area contributed by atoms with Crippen molar-refractivity contribution in [2.24, 2.45) is 0 Å². The van der Waals surface area contributed by atoms with E-state index in [1.165, 1.54) is 36.7 Å². The van der Waals surface area contributed by atoms with Crippen molar-refractivity contribution in [3.05, 3.63) is 71.3 Å². The standard InChI is InChI=1S/C18H18N2O5/c1-11(21)15(18(24)20-25)19-17(23)14-9-7-13(8-10-14)16(22)12-5-3-2-4-6-12/h2-11,15,21,25H,1H3,(H,19,23)(H,20,24)/t11-,15+/m1/s1. The van der Waals surface area contributed by atoms with Gasteiger partial charge in [-0.2, -0.15) is 0 Å². The Bertz CT molecular complexity index is 757. The number of nitrogens with one attached hydrogen (secondary N) is 2. The first-order chi connectivity index (χ1) is 11.9. The third kappa shape index (κ3) is 4.50. The van der Waals surface area contributed by atoms with Crippen LogP contribution in [0.5, 0.6) is 0 Å². The Morgan fingerprint density at radius 1 is 0.880 bits per heavy atom. The lowest BCUT2D eigenvalue weighted by Gasteiger charge is -2.19. The zero-order valence-corrected chi connectivity index (χ0v) is 13.5. The van der Waals surface area contributed by atoms with E-state index in [0.717, 1.165) is 0 Å². The predicted molar refractivity (Wildman–Crippen MR) is 89.2 cm³/mol. The average molecular weight is 342 g/mol. The van der Waals surface area contributed by atoms with Crippen molar-refractivity contribution in [3.8, 4) is 0 Å². The van der Waals surface area contributed by atoms with Crippen molar-refractivity contribution in [3.63, 3.8) is 0 Å². The molecule has 7 nitrogen and oxygen atoms in total. The summed E-state index contributed by atoms with van der Waals surface area (Å²) in [6.07, 6.45) is -1.20. The number of aliphatic hydroxyl groups is 1. The van der Waals surface area contributed by atoms with Crippen molar-refractivity contribution in [2.75, 3.05) is 0 Å². The van der Waals surface area contributed by atoms with Gasteiger partial charge in [0.05, 0.1) is 6.10 Å². The molecule has 0 saturated carbocycles. The molecule has 2 aromatic rings. The normalized spacial score (nSPS) is 12.8. The molecule has 0 fully saturated rings. The van der Waals surface area contributed by atoms with Gasteiger partial charge in [0.2, 0.25) is 0 Å². The van der Waals surface area contributed by atoms with Crippen LogP contribution >= 0.6 is 0 Å². The van der Waals surface area contributed by atoms with Gasteiger partial charge in [0.1, 0.15) is 6.04 Å². The van der Waals surface area contributed by atoms with Crippen LogP contribution in [0.15, 0.2) is 54.6 Å². The van der Waals surface area contributed by atoms with Gasteiger partial charge >= 0.3 is 0 Å². The zero-order chi connectivity index (χ0) is 18.4. The lowest BCUT2D eigenvalue weighted by atomic mass is 10.0. The first-order valence-corrected chi connectivity index (χ1v) is 7.56. The lowest BCUT2D eigenvalue weighted by Crippen LogP contribution is -2.51. The Morgan fingerprint density at radius 3 is 1.92 bits per heavy atom. The second kappa shape index (κ2) is 8.18. The molecule has 130 valence electrons. The molecule has 4 N–H and O–H groups in total. The molecule has 7 heteroatoms. The van der Waals surface area contributed by atoms with E-state index in [4.69, 9.17) is 5.21 Å². The van der Waals surface area contributed by atoms with Crippen LogP contribution < -0.4 is 10.8 Å². The van der Waals surface area contributed by atoms with Crippen molar-refractivity contribution in [1.82, 2.24) is 10.8 Å². The van der Waals surface area contributed by atoms with Gasteiger partial charge in [-0.1, -0.05) is 42.5 Å². The molecule has 0 aliphatic heterocycles. The maximum atomic E-state index is 12.3. The minimum Gasteiger partial charge on any atom is -0.391 e. The molecule has 0 heterocycles. The van der Waals surface area contributed by atoms with Crippen LogP contribution in [0.1, 0.15) is 33.2 Å². The number of hydroxylamine groups is 1. The summed E-state index contributed by atoms with van der Waals surface area (Å²) in [4.78, 5) is 35.9. The number of hydrogen-bond donors (Lipinski definition) is 4. The van der Waals surface area contributed by atoms with E-state index in [0.29, 0.717) is 11.1 Å². The zero-order valence-electron chi connectivity index (χ0n) is 13.5. The number of benzene rings is 2. The largest absolute Gasteiger partial charge is 0.391 e. The van der Waals surface area contributed by atoms with Gasteiger partial charge in [-0.25, -0.2) is 5.48 Å². The molecule has 0 spiro atoms. The van der Waals surface area contributed by atoms with Crippen LogP contribution in [0.4, 0.5) is 0 Å². The summed E-state index contributed by atoms with van der Waals surface area (Å²) in [7, 11) is 0. The van der Waals surface area contributed by atoms with Crippen LogP contribution in [0, 0.1) is 0 Å². The fourth-order valence-electron chi connectivity index (χ4n) is 2.23. The Kier molecular flexibility index (Phi) is 5.99. The molecule has 0 aromatic heterocycles. The Labute approximate surface area is 144 Å². The number of carbonyl (C=O) groups excluding carboxylic acids is 3. The molecule has 0 aliphatic rings. The second-order valence-corrected chi connectivity index (χ2v) is 5.44. The quantitative estimate of drug-likeness (QED) is 0.354. The number of amides is 2. The average Bonchev–Trinajstić information content (AvgIpc) is 2.65.